The maximum atomic E-state index is 11.4. The van der Waals surface area contributed by atoms with Gasteiger partial charge in [-0.2, -0.15) is 0 Å². The number of carbonyl (C=O) groups excluding carboxylic acids is 2. The molecule has 1 fully saturated rings. The molecule has 1 heterocycles. The van der Waals surface area contributed by atoms with E-state index in [1.54, 1.807) is 0 Å². The van der Waals surface area contributed by atoms with Crippen molar-refractivity contribution < 1.29 is 33.6 Å². The van der Waals surface area contributed by atoms with Crippen LogP contribution in [0, 0.1) is 5.92 Å². The van der Waals surface area contributed by atoms with Gasteiger partial charge >= 0.3 is 11.9 Å². The Kier molecular flexibility index (Phi) is 7.78. The summed E-state index contributed by atoms with van der Waals surface area (Å²) in [6.45, 7) is 6.70. The minimum Gasteiger partial charge on any atom is -0.458 e. The molecule has 1 N–H and O–H groups in total. The monoisotopic (exact) mass is 318 g/mol. The van der Waals surface area contributed by atoms with Crippen LogP contribution in [-0.2, 0) is 28.5 Å². The summed E-state index contributed by atoms with van der Waals surface area (Å²) in [5, 5.41) is 8.84. The predicted octanol–water partition coefficient (Wildman–Crippen LogP) is 1.02. The van der Waals surface area contributed by atoms with Crippen molar-refractivity contribution in [1.82, 2.24) is 0 Å². The van der Waals surface area contributed by atoms with Gasteiger partial charge < -0.3 is 24.1 Å². The van der Waals surface area contributed by atoms with Gasteiger partial charge in [-0.3, -0.25) is 9.59 Å². The molecule has 7 nitrogen and oxygen atoms in total. The van der Waals surface area contributed by atoms with E-state index in [-0.39, 0.29) is 25.2 Å². The van der Waals surface area contributed by atoms with Crippen molar-refractivity contribution in [3.63, 3.8) is 0 Å². The minimum atomic E-state index is -0.821. The Balaban J connectivity index is 2.93. The molecule has 0 amide bonds. The Bertz CT molecular complexity index is 371. The van der Waals surface area contributed by atoms with Crippen LogP contribution in [0.3, 0.4) is 0 Å². The zero-order valence-electron chi connectivity index (χ0n) is 13.6. The molecule has 1 saturated heterocycles. The van der Waals surface area contributed by atoms with Crippen molar-refractivity contribution in [2.24, 2.45) is 5.92 Å². The first-order valence-corrected chi connectivity index (χ1v) is 7.63. The van der Waals surface area contributed by atoms with Crippen molar-refractivity contribution in [2.45, 2.75) is 65.1 Å². The first-order chi connectivity index (χ1) is 10.4. The van der Waals surface area contributed by atoms with Crippen molar-refractivity contribution in [2.75, 3.05) is 13.2 Å². The number of hydrogen-bond donors (Lipinski definition) is 1. The molecule has 0 radical (unpaired) electrons. The molecule has 22 heavy (non-hydrogen) atoms. The van der Waals surface area contributed by atoms with Gasteiger partial charge in [-0.1, -0.05) is 13.8 Å². The average Bonchev–Trinajstić information content (AvgIpc) is 2.44. The zero-order valence-corrected chi connectivity index (χ0v) is 13.6. The number of hydrogen-bond acceptors (Lipinski definition) is 7. The summed E-state index contributed by atoms with van der Waals surface area (Å²) in [6.07, 6.45) is -1.28. The highest BCUT2D eigenvalue weighted by Crippen LogP contribution is 2.32. The summed E-state index contributed by atoms with van der Waals surface area (Å²) < 4.78 is 22.1. The number of rotatable bonds is 7. The minimum absolute atomic E-state index is 0.00800. The summed E-state index contributed by atoms with van der Waals surface area (Å²) in [6, 6.07) is 0. The fourth-order valence-corrected chi connectivity index (χ4v) is 2.59. The normalized spacial score (nSPS) is 31.6. The fourth-order valence-electron chi connectivity index (χ4n) is 2.59. The molecule has 7 heteroatoms. The Morgan fingerprint density at radius 1 is 1.14 bits per heavy atom. The van der Waals surface area contributed by atoms with E-state index in [0.717, 1.165) is 0 Å². The van der Waals surface area contributed by atoms with Crippen LogP contribution in [-0.4, -0.2) is 54.9 Å². The van der Waals surface area contributed by atoms with E-state index in [0.29, 0.717) is 12.8 Å². The van der Waals surface area contributed by atoms with E-state index >= 15 is 0 Å². The van der Waals surface area contributed by atoms with E-state index in [2.05, 4.69) is 0 Å². The third-order valence-electron chi connectivity index (χ3n) is 3.60. The highest BCUT2D eigenvalue weighted by molar-refractivity contribution is 5.67. The van der Waals surface area contributed by atoms with Crippen LogP contribution < -0.4 is 0 Å². The lowest BCUT2D eigenvalue weighted by Gasteiger charge is -2.43. The summed E-state index contributed by atoms with van der Waals surface area (Å²) >= 11 is 0. The smallest absolute Gasteiger partial charge is 0.303 e. The van der Waals surface area contributed by atoms with Gasteiger partial charge in [-0.15, -0.1) is 0 Å². The topological polar surface area (TPSA) is 91.3 Å². The van der Waals surface area contributed by atoms with Crippen molar-refractivity contribution in [3.05, 3.63) is 0 Å². The van der Waals surface area contributed by atoms with E-state index in [4.69, 9.17) is 24.1 Å². The Morgan fingerprint density at radius 2 is 1.73 bits per heavy atom. The second-order valence-corrected chi connectivity index (χ2v) is 5.41. The molecule has 0 aromatic rings. The Morgan fingerprint density at radius 3 is 2.23 bits per heavy atom. The first kappa shape index (κ1) is 18.9. The van der Waals surface area contributed by atoms with Gasteiger partial charge in [0.25, 0.3) is 0 Å². The molecule has 0 bridgehead atoms. The third kappa shape index (κ3) is 5.23. The average molecular weight is 318 g/mol. The molecule has 0 spiro atoms. The summed E-state index contributed by atoms with van der Waals surface area (Å²) in [4.78, 5) is 22.7. The van der Waals surface area contributed by atoms with Crippen molar-refractivity contribution in [3.8, 4) is 0 Å². The molecule has 1 aliphatic rings. The third-order valence-corrected chi connectivity index (χ3v) is 3.60. The molecule has 0 aromatic carbocycles. The maximum Gasteiger partial charge on any atom is 0.303 e. The number of ether oxygens (including phenoxy) is 4. The fraction of sp³-hybridized carbons (Fsp3) is 0.867. The standard InChI is InChI=1S/C15H26O7/c1-5-12-9(2)13(20-10(3)17)14(21-11(4)18)15(22-12)19-8-6-7-16/h9,12-16H,5-8H2,1-4H3/t9-,12-,13+,14-,15?/m1/s1. The van der Waals surface area contributed by atoms with Crippen LogP contribution in [0.15, 0.2) is 0 Å². The second-order valence-electron chi connectivity index (χ2n) is 5.41. The van der Waals surface area contributed by atoms with E-state index in [9.17, 15) is 9.59 Å². The molecule has 0 aromatic heterocycles. The Hall–Kier alpha value is -1.18. The van der Waals surface area contributed by atoms with Gasteiger partial charge in [0.05, 0.1) is 12.7 Å². The largest absolute Gasteiger partial charge is 0.458 e. The molecule has 1 unspecified atom stereocenters. The number of aliphatic hydroxyl groups excluding tert-OH is 1. The van der Waals surface area contributed by atoms with Crippen molar-refractivity contribution in [1.29, 1.82) is 0 Å². The molecule has 0 saturated carbocycles. The van der Waals surface area contributed by atoms with Gasteiger partial charge in [0.2, 0.25) is 0 Å². The lowest BCUT2D eigenvalue weighted by Crippen LogP contribution is -2.57. The molecule has 1 aliphatic heterocycles. The lowest BCUT2D eigenvalue weighted by molar-refractivity contribution is -0.290. The van der Waals surface area contributed by atoms with Gasteiger partial charge in [-0.25, -0.2) is 0 Å². The highest BCUT2D eigenvalue weighted by Gasteiger charge is 2.47. The van der Waals surface area contributed by atoms with Crippen LogP contribution in [0.2, 0.25) is 0 Å². The zero-order chi connectivity index (χ0) is 16.7. The number of esters is 2. The number of aliphatic hydroxyl groups is 1. The second kappa shape index (κ2) is 9.07. The van der Waals surface area contributed by atoms with Gasteiger partial charge in [0.1, 0.15) is 6.10 Å². The molecular weight excluding hydrogens is 292 g/mol. The molecule has 5 atom stereocenters. The van der Waals surface area contributed by atoms with E-state index in [1.165, 1.54) is 13.8 Å². The Labute approximate surface area is 130 Å². The number of carbonyl (C=O) groups is 2. The molecule has 0 aliphatic carbocycles. The van der Waals surface area contributed by atoms with Gasteiger partial charge in [0.15, 0.2) is 12.4 Å². The van der Waals surface area contributed by atoms with Gasteiger partial charge in [0, 0.05) is 26.4 Å². The molecule has 128 valence electrons. The maximum absolute atomic E-state index is 11.4. The quantitative estimate of drug-likeness (QED) is 0.553. The van der Waals surface area contributed by atoms with E-state index < -0.39 is 30.4 Å². The predicted molar refractivity (Wildman–Crippen MR) is 76.9 cm³/mol. The molecular formula is C15H26O7. The highest BCUT2D eigenvalue weighted by atomic mass is 16.7. The van der Waals surface area contributed by atoms with Crippen LogP contribution in [0.1, 0.15) is 40.5 Å². The summed E-state index contributed by atoms with van der Waals surface area (Å²) in [7, 11) is 0. The van der Waals surface area contributed by atoms with Crippen molar-refractivity contribution >= 4 is 11.9 Å². The molecule has 1 rings (SSSR count). The summed E-state index contributed by atoms with van der Waals surface area (Å²) in [5.41, 5.74) is 0. The first-order valence-electron chi connectivity index (χ1n) is 7.63. The van der Waals surface area contributed by atoms with Crippen LogP contribution in [0.4, 0.5) is 0 Å². The van der Waals surface area contributed by atoms with Gasteiger partial charge in [-0.05, 0) is 12.8 Å². The van der Waals surface area contributed by atoms with Crippen LogP contribution in [0.25, 0.3) is 0 Å². The SMILES string of the molecule is CC[C@H]1OC(OCCCO)[C@H](OC(C)=O)[C@@H](OC(C)=O)[C@@H]1C. The van der Waals surface area contributed by atoms with Crippen LogP contribution >= 0.6 is 0 Å². The van der Waals surface area contributed by atoms with E-state index in [1.807, 2.05) is 13.8 Å². The summed E-state index contributed by atoms with van der Waals surface area (Å²) in [5.74, 6) is -1.07. The van der Waals surface area contributed by atoms with Crippen LogP contribution in [0.5, 0.6) is 0 Å². The lowest BCUT2D eigenvalue weighted by atomic mass is 9.89.